The van der Waals surface area contributed by atoms with Gasteiger partial charge in [0.2, 0.25) is 0 Å². The highest BCUT2D eigenvalue weighted by Crippen LogP contribution is 2.44. The third-order valence-corrected chi connectivity index (χ3v) is 5.64. The molecule has 0 saturated heterocycles. The number of nitrogens with two attached hydrogens (primary N) is 1. The van der Waals surface area contributed by atoms with E-state index in [0.29, 0.717) is 41.1 Å². The lowest BCUT2D eigenvalue weighted by molar-refractivity contribution is -0.136. The van der Waals surface area contributed by atoms with Gasteiger partial charge in [-0.15, -0.1) is 0 Å². The van der Waals surface area contributed by atoms with E-state index in [0.717, 1.165) is 24.5 Å². The maximum atomic E-state index is 13.8. The molecular weight excluding hydrogens is 437 g/mol. The van der Waals surface area contributed by atoms with Crippen molar-refractivity contribution in [2.45, 2.75) is 25.4 Å². The molecule has 0 aliphatic rings. The van der Waals surface area contributed by atoms with E-state index >= 15 is 0 Å². The molecule has 0 amide bonds. The maximum absolute atomic E-state index is 13.8. The first-order valence-corrected chi connectivity index (χ1v) is 10.7. The number of halogens is 4. The van der Waals surface area contributed by atoms with Crippen molar-refractivity contribution in [3.8, 4) is 22.8 Å². The molecule has 4 rings (SSSR count). The van der Waals surface area contributed by atoms with Gasteiger partial charge >= 0.3 is 6.18 Å². The van der Waals surface area contributed by atoms with Gasteiger partial charge in [-0.3, -0.25) is 0 Å². The third kappa shape index (κ3) is 4.47. The fourth-order valence-electron chi connectivity index (χ4n) is 3.87. The second-order valence-corrected chi connectivity index (χ2v) is 7.89. The molecule has 0 fully saturated rings. The van der Waals surface area contributed by atoms with E-state index in [2.05, 4.69) is 4.98 Å². The van der Waals surface area contributed by atoms with Crippen molar-refractivity contribution in [2.75, 3.05) is 6.54 Å². The van der Waals surface area contributed by atoms with Gasteiger partial charge < -0.3 is 15.5 Å². The van der Waals surface area contributed by atoms with Crippen molar-refractivity contribution >= 4 is 22.5 Å². The monoisotopic (exact) mass is 458 g/mol. The molecule has 166 valence electrons. The number of hydrogen-bond acceptors (Lipinski definition) is 2. The van der Waals surface area contributed by atoms with Crippen LogP contribution in [0.2, 0.25) is 5.02 Å². The van der Waals surface area contributed by atoms with Crippen molar-refractivity contribution in [1.29, 1.82) is 0 Å². The second-order valence-electron chi connectivity index (χ2n) is 7.48. The zero-order valence-corrected chi connectivity index (χ0v) is 17.9. The Kier molecular flexibility index (Phi) is 6.44. The largest absolute Gasteiger partial charge is 0.457 e. The Hall–Kier alpha value is -2.96. The lowest BCUT2D eigenvalue weighted by Gasteiger charge is -2.12. The molecule has 1 heterocycles. The zero-order chi connectivity index (χ0) is 22.7. The summed E-state index contributed by atoms with van der Waals surface area (Å²) in [4.78, 5) is 3.03. The number of para-hydroxylation sites is 2. The first kappa shape index (κ1) is 22.2. The predicted molar refractivity (Wildman–Crippen MR) is 122 cm³/mol. The standard InChI is InChI=1S/C25H22ClF3N2O/c26-20-14-13-19(25(27,28)29)24-22(20)18(11-6-7-15-30)23(31-24)17-10-4-5-12-21(17)32-16-8-2-1-3-9-16/h1-5,8-10,12-14,31H,6-7,11,15,30H2. The summed E-state index contributed by atoms with van der Waals surface area (Å²) < 4.78 is 47.4. The molecule has 3 N–H and O–H groups in total. The topological polar surface area (TPSA) is 51.0 Å². The van der Waals surface area contributed by atoms with Gasteiger partial charge in [-0.2, -0.15) is 13.2 Å². The Labute approximate surface area is 189 Å². The van der Waals surface area contributed by atoms with E-state index in [4.69, 9.17) is 22.1 Å². The van der Waals surface area contributed by atoms with Crippen LogP contribution in [0.1, 0.15) is 24.0 Å². The Morgan fingerprint density at radius 2 is 1.62 bits per heavy atom. The molecule has 32 heavy (non-hydrogen) atoms. The highest BCUT2D eigenvalue weighted by Gasteiger charge is 2.35. The molecule has 0 aliphatic heterocycles. The van der Waals surface area contributed by atoms with Crippen LogP contribution in [0.25, 0.3) is 22.2 Å². The fourth-order valence-corrected chi connectivity index (χ4v) is 4.14. The number of unbranched alkanes of at least 4 members (excludes halogenated alkanes) is 1. The van der Waals surface area contributed by atoms with Crippen LogP contribution in [-0.4, -0.2) is 11.5 Å². The Balaban J connectivity index is 1.93. The van der Waals surface area contributed by atoms with Gasteiger partial charge in [-0.25, -0.2) is 0 Å². The number of aryl methyl sites for hydroxylation is 1. The number of benzene rings is 3. The molecule has 0 atom stereocenters. The number of hydrogen-bond donors (Lipinski definition) is 2. The summed E-state index contributed by atoms with van der Waals surface area (Å²) in [6.07, 6.45) is -2.50. The van der Waals surface area contributed by atoms with E-state index in [1.165, 1.54) is 6.07 Å². The third-order valence-electron chi connectivity index (χ3n) is 5.32. The average molecular weight is 459 g/mol. The highest BCUT2D eigenvalue weighted by atomic mass is 35.5. The maximum Gasteiger partial charge on any atom is 0.418 e. The Morgan fingerprint density at radius 3 is 2.34 bits per heavy atom. The molecule has 0 unspecified atom stereocenters. The molecule has 0 spiro atoms. The number of fused-ring (bicyclic) bond motifs is 1. The minimum Gasteiger partial charge on any atom is -0.457 e. The SMILES string of the molecule is NCCCCc1c(-c2ccccc2Oc2ccccc2)[nH]c2c(C(F)(F)F)ccc(Cl)c12. The van der Waals surface area contributed by atoms with E-state index in [-0.39, 0.29) is 10.5 Å². The van der Waals surface area contributed by atoms with Gasteiger partial charge in [0, 0.05) is 10.9 Å². The van der Waals surface area contributed by atoms with Gasteiger partial charge in [0.15, 0.2) is 0 Å². The first-order valence-electron chi connectivity index (χ1n) is 10.3. The van der Waals surface area contributed by atoms with Crippen LogP contribution in [0.15, 0.2) is 66.7 Å². The second kappa shape index (κ2) is 9.27. The summed E-state index contributed by atoms with van der Waals surface area (Å²) in [5.74, 6) is 1.17. The predicted octanol–water partition coefficient (Wildman–Crippen LogP) is 7.58. The molecule has 0 aliphatic carbocycles. The van der Waals surface area contributed by atoms with E-state index < -0.39 is 11.7 Å². The quantitative estimate of drug-likeness (QED) is 0.280. The van der Waals surface area contributed by atoms with Crippen molar-refractivity contribution < 1.29 is 17.9 Å². The summed E-state index contributed by atoms with van der Waals surface area (Å²) in [5.41, 5.74) is 6.85. The minimum absolute atomic E-state index is 0.0164. The number of ether oxygens (including phenoxy) is 1. The van der Waals surface area contributed by atoms with Crippen LogP contribution in [0, 0.1) is 0 Å². The van der Waals surface area contributed by atoms with E-state index in [9.17, 15) is 13.2 Å². The molecule has 0 radical (unpaired) electrons. The number of rotatable bonds is 7. The first-order chi connectivity index (χ1) is 15.4. The minimum atomic E-state index is -4.51. The highest BCUT2D eigenvalue weighted by molar-refractivity contribution is 6.36. The van der Waals surface area contributed by atoms with Gasteiger partial charge in [0.05, 0.1) is 21.8 Å². The van der Waals surface area contributed by atoms with Crippen molar-refractivity contribution in [3.05, 3.63) is 82.9 Å². The molecule has 3 aromatic carbocycles. The van der Waals surface area contributed by atoms with Gasteiger partial charge in [0.1, 0.15) is 11.5 Å². The number of alkyl halides is 3. The van der Waals surface area contributed by atoms with Crippen LogP contribution in [-0.2, 0) is 12.6 Å². The van der Waals surface area contributed by atoms with Crippen LogP contribution in [0.4, 0.5) is 13.2 Å². The summed E-state index contributed by atoms with van der Waals surface area (Å²) in [6.45, 7) is 0.507. The number of H-pyrrole nitrogens is 1. The van der Waals surface area contributed by atoms with Gasteiger partial charge in [0.25, 0.3) is 0 Å². The van der Waals surface area contributed by atoms with Crippen LogP contribution in [0.3, 0.4) is 0 Å². The van der Waals surface area contributed by atoms with Crippen LogP contribution in [0.5, 0.6) is 11.5 Å². The molecular formula is C25H22ClF3N2O. The van der Waals surface area contributed by atoms with Gasteiger partial charge in [-0.05, 0) is 67.8 Å². The van der Waals surface area contributed by atoms with Crippen LogP contribution < -0.4 is 10.5 Å². The summed E-state index contributed by atoms with van der Waals surface area (Å²) in [5, 5.41) is 0.669. The molecule has 0 saturated carbocycles. The smallest absolute Gasteiger partial charge is 0.418 e. The Bertz CT molecular complexity index is 1220. The van der Waals surface area contributed by atoms with Gasteiger partial charge in [-0.1, -0.05) is 41.9 Å². The van der Waals surface area contributed by atoms with E-state index in [1.54, 1.807) is 6.07 Å². The zero-order valence-electron chi connectivity index (χ0n) is 17.2. The summed E-state index contributed by atoms with van der Waals surface area (Å²) >= 11 is 6.42. The fraction of sp³-hybridized carbons (Fsp3) is 0.200. The normalized spacial score (nSPS) is 11.8. The number of aromatic nitrogens is 1. The molecule has 4 aromatic rings. The molecule has 3 nitrogen and oxygen atoms in total. The van der Waals surface area contributed by atoms with E-state index in [1.807, 2.05) is 48.5 Å². The molecule has 1 aromatic heterocycles. The molecule has 0 bridgehead atoms. The Morgan fingerprint density at radius 1 is 0.906 bits per heavy atom. The lowest BCUT2D eigenvalue weighted by atomic mass is 9.98. The molecule has 7 heteroatoms. The van der Waals surface area contributed by atoms with Crippen molar-refractivity contribution in [3.63, 3.8) is 0 Å². The number of nitrogens with one attached hydrogen (secondary N) is 1. The van der Waals surface area contributed by atoms with Crippen molar-refractivity contribution in [1.82, 2.24) is 4.98 Å². The number of aromatic amines is 1. The summed E-state index contributed by atoms with van der Waals surface area (Å²) in [6, 6.07) is 18.8. The van der Waals surface area contributed by atoms with Crippen molar-refractivity contribution in [2.24, 2.45) is 5.73 Å². The summed E-state index contributed by atoms with van der Waals surface area (Å²) in [7, 11) is 0. The average Bonchev–Trinajstić information content (AvgIpc) is 3.14. The lowest BCUT2D eigenvalue weighted by Crippen LogP contribution is -2.05. The van der Waals surface area contributed by atoms with Crippen LogP contribution >= 0.6 is 11.6 Å².